The fourth-order valence-corrected chi connectivity index (χ4v) is 2.71. The molecular formula is C18H39IN4O2. The number of hydrogen-bond acceptors (Lipinski definition) is 4. The molecule has 0 radical (unpaired) electrons. The van der Waals surface area contributed by atoms with Gasteiger partial charge in [0.25, 0.3) is 0 Å². The third-order valence-electron chi connectivity index (χ3n) is 3.99. The molecule has 0 aromatic heterocycles. The van der Waals surface area contributed by atoms with E-state index in [9.17, 15) is 5.11 Å². The van der Waals surface area contributed by atoms with E-state index in [1.165, 1.54) is 6.42 Å². The largest absolute Gasteiger partial charge is 0.387 e. The molecule has 1 heterocycles. The molecule has 6 nitrogen and oxygen atoms in total. The molecule has 0 bridgehead atoms. The lowest BCUT2D eigenvalue weighted by atomic mass is 9.91. The third kappa shape index (κ3) is 12.8. The Hall–Kier alpha value is -0.120. The maximum atomic E-state index is 10.6. The monoisotopic (exact) mass is 470 g/mol. The van der Waals surface area contributed by atoms with Gasteiger partial charge in [0.1, 0.15) is 0 Å². The van der Waals surface area contributed by atoms with Gasteiger partial charge in [-0.1, -0.05) is 20.8 Å². The topological polar surface area (TPSA) is 69.1 Å². The van der Waals surface area contributed by atoms with Gasteiger partial charge >= 0.3 is 0 Å². The number of nitrogens with one attached hydrogen (secondary N) is 2. The highest BCUT2D eigenvalue weighted by atomic mass is 127. The van der Waals surface area contributed by atoms with Crippen LogP contribution in [-0.4, -0.2) is 74.0 Å². The Bertz CT molecular complexity index is 378. The minimum absolute atomic E-state index is 0. The van der Waals surface area contributed by atoms with Crippen molar-refractivity contribution in [3.05, 3.63) is 0 Å². The zero-order chi connectivity index (χ0) is 18.1. The Morgan fingerprint density at radius 2 is 1.80 bits per heavy atom. The highest BCUT2D eigenvalue weighted by Crippen LogP contribution is 2.19. The average Bonchev–Trinajstić information content (AvgIpc) is 2.48. The minimum Gasteiger partial charge on any atom is -0.387 e. The highest BCUT2D eigenvalue weighted by Gasteiger charge is 2.25. The average molecular weight is 470 g/mol. The van der Waals surface area contributed by atoms with E-state index in [-0.39, 0.29) is 24.0 Å². The summed E-state index contributed by atoms with van der Waals surface area (Å²) in [5, 5.41) is 17.2. The van der Waals surface area contributed by atoms with Crippen molar-refractivity contribution in [2.45, 2.75) is 53.1 Å². The van der Waals surface area contributed by atoms with Gasteiger partial charge in [-0.15, -0.1) is 24.0 Å². The smallest absolute Gasteiger partial charge is 0.191 e. The molecule has 25 heavy (non-hydrogen) atoms. The first-order valence-corrected chi connectivity index (χ1v) is 9.26. The van der Waals surface area contributed by atoms with E-state index < -0.39 is 5.60 Å². The van der Waals surface area contributed by atoms with Gasteiger partial charge in [-0.3, -0.25) is 9.89 Å². The zero-order valence-corrected chi connectivity index (χ0v) is 19.1. The summed E-state index contributed by atoms with van der Waals surface area (Å²) in [4.78, 5) is 6.81. The van der Waals surface area contributed by atoms with E-state index in [2.05, 4.69) is 48.2 Å². The van der Waals surface area contributed by atoms with Crippen molar-refractivity contribution < 1.29 is 9.84 Å². The molecule has 1 saturated heterocycles. The van der Waals surface area contributed by atoms with Gasteiger partial charge in [0.15, 0.2) is 5.96 Å². The summed E-state index contributed by atoms with van der Waals surface area (Å²) >= 11 is 0. The van der Waals surface area contributed by atoms with Crippen LogP contribution < -0.4 is 10.6 Å². The van der Waals surface area contributed by atoms with Gasteiger partial charge in [-0.2, -0.15) is 0 Å². The van der Waals surface area contributed by atoms with E-state index >= 15 is 0 Å². The second-order valence-electron chi connectivity index (χ2n) is 8.17. The summed E-state index contributed by atoms with van der Waals surface area (Å²) in [7, 11) is 0. The molecule has 1 aliphatic rings. The Morgan fingerprint density at radius 1 is 1.16 bits per heavy atom. The number of rotatable bonds is 8. The van der Waals surface area contributed by atoms with Crippen LogP contribution in [-0.2, 0) is 4.74 Å². The Balaban J connectivity index is 0.00000576. The van der Waals surface area contributed by atoms with Crippen LogP contribution in [0.25, 0.3) is 0 Å². The Labute approximate surface area is 171 Å². The van der Waals surface area contributed by atoms with Gasteiger partial charge in [-0.25, -0.2) is 0 Å². The molecule has 1 rings (SSSR count). The number of ether oxygens (including phenoxy) is 1. The minimum atomic E-state index is -0.828. The summed E-state index contributed by atoms with van der Waals surface area (Å²) in [6.07, 6.45) is 2.28. The SMILES string of the molecule is CCNC(=NCC(C)(O)CN1CCOCC1)NCCCC(C)(C)C.I. The van der Waals surface area contributed by atoms with Gasteiger partial charge in [0.05, 0.1) is 25.4 Å². The maximum Gasteiger partial charge on any atom is 0.191 e. The molecule has 1 fully saturated rings. The Morgan fingerprint density at radius 3 is 2.36 bits per heavy atom. The predicted octanol–water partition coefficient (Wildman–Crippen LogP) is 2.07. The van der Waals surface area contributed by atoms with E-state index in [1.54, 1.807) is 0 Å². The second kappa shape index (κ2) is 12.3. The second-order valence-corrected chi connectivity index (χ2v) is 8.17. The van der Waals surface area contributed by atoms with Gasteiger partial charge in [-0.05, 0) is 32.1 Å². The van der Waals surface area contributed by atoms with Crippen LogP contribution in [0.4, 0.5) is 0 Å². The molecule has 1 unspecified atom stereocenters. The molecule has 0 amide bonds. The number of halogens is 1. The number of β-amino-alcohol motifs (C(OH)–C–C–N with tert-alkyl or cyclic N) is 1. The number of aliphatic hydroxyl groups is 1. The van der Waals surface area contributed by atoms with E-state index in [4.69, 9.17) is 4.74 Å². The lowest BCUT2D eigenvalue weighted by Crippen LogP contribution is -2.48. The lowest BCUT2D eigenvalue weighted by molar-refractivity contribution is -0.0179. The van der Waals surface area contributed by atoms with Crippen LogP contribution in [0.2, 0.25) is 0 Å². The normalized spacial score (nSPS) is 19.0. The van der Waals surface area contributed by atoms with Crippen molar-refractivity contribution in [1.29, 1.82) is 0 Å². The molecule has 3 N–H and O–H groups in total. The molecule has 1 aliphatic heterocycles. The number of morpholine rings is 1. The van der Waals surface area contributed by atoms with Crippen molar-refractivity contribution in [3.8, 4) is 0 Å². The van der Waals surface area contributed by atoms with Crippen LogP contribution in [0.15, 0.2) is 4.99 Å². The fourth-order valence-electron chi connectivity index (χ4n) is 2.71. The van der Waals surface area contributed by atoms with Gasteiger partial charge in [0, 0.05) is 32.7 Å². The van der Waals surface area contributed by atoms with Gasteiger partial charge < -0.3 is 20.5 Å². The molecular weight excluding hydrogens is 431 g/mol. The summed E-state index contributed by atoms with van der Waals surface area (Å²) in [5.41, 5.74) is -0.468. The van der Waals surface area contributed by atoms with Crippen molar-refractivity contribution in [2.75, 3.05) is 52.5 Å². The maximum absolute atomic E-state index is 10.6. The van der Waals surface area contributed by atoms with E-state index in [0.29, 0.717) is 18.5 Å². The number of nitrogens with zero attached hydrogens (tertiary/aromatic N) is 2. The molecule has 150 valence electrons. The highest BCUT2D eigenvalue weighted by molar-refractivity contribution is 14.0. The fraction of sp³-hybridized carbons (Fsp3) is 0.944. The van der Waals surface area contributed by atoms with E-state index in [1.807, 2.05) is 6.92 Å². The molecule has 1 atom stereocenters. The molecule has 0 aromatic carbocycles. The summed E-state index contributed by atoms with van der Waals surface area (Å²) in [5.74, 6) is 0.786. The molecule has 0 aliphatic carbocycles. The summed E-state index contributed by atoms with van der Waals surface area (Å²) in [6.45, 7) is 16.7. The van der Waals surface area contributed by atoms with Crippen LogP contribution in [0.1, 0.15) is 47.5 Å². The summed E-state index contributed by atoms with van der Waals surface area (Å²) in [6, 6.07) is 0. The van der Waals surface area contributed by atoms with Crippen LogP contribution in [0, 0.1) is 5.41 Å². The number of guanidine groups is 1. The molecule has 0 aromatic rings. The molecule has 7 heteroatoms. The van der Waals surface area contributed by atoms with Crippen LogP contribution in [0.5, 0.6) is 0 Å². The first-order valence-electron chi connectivity index (χ1n) is 9.26. The van der Waals surface area contributed by atoms with Crippen molar-refractivity contribution >= 4 is 29.9 Å². The first-order chi connectivity index (χ1) is 11.2. The standard InChI is InChI=1S/C18H38N4O2.HI/c1-6-19-16(20-9-7-8-17(2,3)4)21-14-18(5,23)15-22-10-12-24-13-11-22;/h23H,6-15H2,1-5H3,(H2,19,20,21);1H. The van der Waals surface area contributed by atoms with Crippen LogP contribution >= 0.6 is 24.0 Å². The Kier molecular flexibility index (Phi) is 12.2. The quantitative estimate of drug-likeness (QED) is 0.219. The molecule has 0 saturated carbocycles. The van der Waals surface area contributed by atoms with Gasteiger partial charge in [0.2, 0.25) is 0 Å². The van der Waals surface area contributed by atoms with Crippen LogP contribution in [0.3, 0.4) is 0 Å². The summed E-state index contributed by atoms with van der Waals surface area (Å²) < 4.78 is 5.35. The first kappa shape index (κ1) is 24.9. The van der Waals surface area contributed by atoms with Crippen molar-refractivity contribution in [1.82, 2.24) is 15.5 Å². The number of hydrogen-bond donors (Lipinski definition) is 3. The van der Waals surface area contributed by atoms with Crippen molar-refractivity contribution in [3.63, 3.8) is 0 Å². The third-order valence-corrected chi connectivity index (χ3v) is 3.99. The lowest BCUT2D eigenvalue weighted by Gasteiger charge is -2.33. The zero-order valence-electron chi connectivity index (χ0n) is 16.7. The van der Waals surface area contributed by atoms with Crippen molar-refractivity contribution in [2.24, 2.45) is 10.4 Å². The molecule has 0 spiro atoms. The van der Waals surface area contributed by atoms with E-state index in [0.717, 1.165) is 51.8 Å². The predicted molar refractivity (Wildman–Crippen MR) is 116 cm³/mol. The number of aliphatic imine (C=N–C) groups is 1.